The predicted molar refractivity (Wildman–Crippen MR) is 108 cm³/mol. The maximum Gasteiger partial charge on any atom is 0.328 e. The van der Waals surface area contributed by atoms with Crippen molar-refractivity contribution in [2.24, 2.45) is 17.2 Å². The zero-order valence-electron chi connectivity index (χ0n) is 17.5. The number of aliphatic carboxylic acids is 2. The first-order valence-electron chi connectivity index (χ1n) is 9.57. The molecule has 12 N–H and O–H groups in total. The van der Waals surface area contributed by atoms with Gasteiger partial charge in [0.05, 0.1) is 19.1 Å². The van der Waals surface area contributed by atoms with Gasteiger partial charge in [-0.05, 0) is 12.8 Å². The second-order valence-corrected chi connectivity index (χ2v) is 6.92. The third kappa shape index (κ3) is 12.0. The van der Waals surface area contributed by atoms with E-state index < -0.39 is 91.5 Å². The molecule has 0 radical (unpaired) electrons. The van der Waals surface area contributed by atoms with Gasteiger partial charge >= 0.3 is 11.9 Å². The topological polar surface area (TPSA) is 294 Å². The number of primary amides is 2. The van der Waals surface area contributed by atoms with Crippen LogP contribution in [0.1, 0.15) is 32.1 Å². The number of amides is 5. The van der Waals surface area contributed by atoms with Gasteiger partial charge in [0, 0.05) is 12.8 Å². The van der Waals surface area contributed by atoms with Crippen LogP contribution in [-0.4, -0.2) is 87.6 Å². The molecule has 5 amide bonds. The Morgan fingerprint density at radius 2 is 1.21 bits per heavy atom. The summed E-state index contributed by atoms with van der Waals surface area (Å²) in [7, 11) is 0. The van der Waals surface area contributed by atoms with Crippen LogP contribution in [-0.2, 0) is 33.6 Å². The lowest BCUT2D eigenvalue weighted by atomic mass is 10.1. The third-order valence-electron chi connectivity index (χ3n) is 4.15. The largest absolute Gasteiger partial charge is 0.481 e. The summed E-state index contributed by atoms with van der Waals surface area (Å²) in [4.78, 5) is 81.1. The molecule has 186 valence electrons. The van der Waals surface area contributed by atoms with Crippen molar-refractivity contribution in [3.8, 4) is 0 Å². The van der Waals surface area contributed by atoms with E-state index in [1.807, 2.05) is 5.32 Å². The third-order valence-corrected chi connectivity index (χ3v) is 4.15. The molecule has 0 rings (SSSR count). The summed E-state index contributed by atoms with van der Waals surface area (Å²) in [5, 5.41) is 33.0. The number of hydrogen-bond donors (Lipinski definition) is 9. The van der Waals surface area contributed by atoms with Crippen molar-refractivity contribution in [3.63, 3.8) is 0 Å². The fraction of sp³-hybridized carbons (Fsp3) is 0.588. The lowest BCUT2D eigenvalue weighted by molar-refractivity contribution is -0.143. The van der Waals surface area contributed by atoms with E-state index in [9.17, 15) is 33.6 Å². The molecule has 0 aromatic heterocycles. The van der Waals surface area contributed by atoms with Crippen molar-refractivity contribution < 1.29 is 48.9 Å². The van der Waals surface area contributed by atoms with Gasteiger partial charge in [0.15, 0.2) is 0 Å². The Bertz CT molecular complexity index is 773. The lowest BCUT2D eigenvalue weighted by Gasteiger charge is -2.24. The number of carbonyl (C=O) groups excluding carboxylic acids is 5. The second kappa shape index (κ2) is 14.3. The van der Waals surface area contributed by atoms with Gasteiger partial charge in [0.25, 0.3) is 0 Å². The first-order chi connectivity index (χ1) is 15.3. The van der Waals surface area contributed by atoms with E-state index in [0.717, 1.165) is 0 Å². The first-order valence-corrected chi connectivity index (χ1v) is 9.57. The molecule has 0 aliphatic rings. The van der Waals surface area contributed by atoms with Crippen LogP contribution in [0.15, 0.2) is 0 Å². The fourth-order valence-corrected chi connectivity index (χ4v) is 2.38. The highest BCUT2D eigenvalue weighted by Gasteiger charge is 2.31. The highest BCUT2D eigenvalue weighted by Crippen LogP contribution is 2.03. The fourth-order valence-electron chi connectivity index (χ4n) is 2.38. The Morgan fingerprint density at radius 1 is 0.697 bits per heavy atom. The van der Waals surface area contributed by atoms with Gasteiger partial charge in [-0.3, -0.25) is 28.8 Å². The van der Waals surface area contributed by atoms with Gasteiger partial charge in [-0.25, -0.2) is 4.79 Å². The predicted octanol–water partition coefficient (Wildman–Crippen LogP) is -5.15. The van der Waals surface area contributed by atoms with E-state index >= 15 is 0 Å². The van der Waals surface area contributed by atoms with E-state index in [1.54, 1.807) is 0 Å². The number of carboxylic acid groups (broad SMARTS) is 2. The molecule has 0 bridgehead atoms. The molecule has 0 aromatic carbocycles. The highest BCUT2D eigenvalue weighted by atomic mass is 16.4. The molecule has 0 heterocycles. The number of nitrogens with one attached hydrogen (secondary N) is 3. The van der Waals surface area contributed by atoms with Gasteiger partial charge < -0.3 is 48.5 Å². The number of carboxylic acids is 2. The summed E-state index contributed by atoms with van der Waals surface area (Å²) in [5.41, 5.74) is 15.6. The van der Waals surface area contributed by atoms with Crippen molar-refractivity contribution in [2.75, 3.05) is 6.61 Å². The van der Waals surface area contributed by atoms with Crippen molar-refractivity contribution in [2.45, 2.75) is 56.3 Å². The van der Waals surface area contributed by atoms with Gasteiger partial charge in [-0.1, -0.05) is 0 Å². The summed E-state index contributed by atoms with van der Waals surface area (Å²) in [6, 6.07) is -6.22. The van der Waals surface area contributed by atoms with Crippen LogP contribution in [0.3, 0.4) is 0 Å². The summed E-state index contributed by atoms with van der Waals surface area (Å²) >= 11 is 0. The van der Waals surface area contributed by atoms with Crippen LogP contribution in [0.2, 0.25) is 0 Å². The van der Waals surface area contributed by atoms with Crippen molar-refractivity contribution in [1.29, 1.82) is 0 Å². The Kier molecular flexibility index (Phi) is 12.7. The van der Waals surface area contributed by atoms with E-state index in [4.69, 9.17) is 32.5 Å². The molecule has 16 heteroatoms. The standard InChI is InChI=1S/C17H28N6O10/c18-7(1-3-11(19)25)14(29)21-8(2-4-13(27)28)15(30)22-9(5-12(20)26)16(31)23-10(6-24)17(32)33/h7-10,24H,1-6,18H2,(H2,19,25)(H2,20,26)(H,21,29)(H,22,30)(H,23,31)(H,27,28)(H,32,33). The minimum Gasteiger partial charge on any atom is -0.481 e. The molecule has 0 spiro atoms. The average molecular weight is 476 g/mol. The number of carbonyl (C=O) groups is 7. The summed E-state index contributed by atoms with van der Waals surface area (Å²) in [6.07, 6.45) is -2.16. The smallest absolute Gasteiger partial charge is 0.328 e. The van der Waals surface area contributed by atoms with Crippen LogP contribution in [0.25, 0.3) is 0 Å². The molecule has 0 fully saturated rings. The second-order valence-electron chi connectivity index (χ2n) is 6.92. The molecule has 0 saturated carbocycles. The number of nitrogens with two attached hydrogens (primary N) is 3. The molecule has 4 atom stereocenters. The van der Waals surface area contributed by atoms with Crippen LogP contribution in [0.5, 0.6) is 0 Å². The van der Waals surface area contributed by atoms with E-state index in [-0.39, 0.29) is 12.8 Å². The van der Waals surface area contributed by atoms with Gasteiger partial charge in [-0.2, -0.15) is 0 Å². The summed E-state index contributed by atoms with van der Waals surface area (Å²) in [6.45, 7) is -0.987. The van der Waals surface area contributed by atoms with Crippen LogP contribution in [0.4, 0.5) is 0 Å². The van der Waals surface area contributed by atoms with Crippen LogP contribution in [0, 0.1) is 0 Å². The molecular weight excluding hydrogens is 448 g/mol. The molecular formula is C17H28N6O10. The molecule has 0 aromatic rings. The maximum atomic E-state index is 12.6. The Balaban J connectivity index is 5.48. The molecule has 33 heavy (non-hydrogen) atoms. The van der Waals surface area contributed by atoms with E-state index in [1.165, 1.54) is 0 Å². The van der Waals surface area contributed by atoms with Gasteiger partial charge in [0.2, 0.25) is 29.5 Å². The van der Waals surface area contributed by atoms with Crippen molar-refractivity contribution >= 4 is 41.5 Å². The number of rotatable bonds is 16. The normalized spacial score (nSPS) is 14.1. The molecule has 0 saturated heterocycles. The van der Waals surface area contributed by atoms with E-state index in [0.29, 0.717) is 0 Å². The van der Waals surface area contributed by atoms with Crippen molar-refractivity contribution in [1.82, 2.24) is 16.0 Å². The SMILES string of the molecule is NC(=O)CCC(N)C(=O)NC(CCC(=O)O)C(=O)NC(CC(N)=O)C(=O)NC(CO)C(=O)O. The van der Waals surface area contributed by atoms with Crippen LogP contribution >= 0.6 is 0 Å². The summed E-state index contributed by atoms with van der Waals surface area (Å²) in [5.74, 6) is -7.85. The first kappa shape index (κ1) is 29.2. The lowest BCUT2D eigenvalue weighted by Crippen LogP contribution is -2.58. The molecule has 16 nitrogen and oxygen atoms in total. The highest BCUT2D eigenvalue weighted by molar-refractivity contribution is 5.96. The van der Waals surface area contributed by atoms with Gasteiger partial charge in [-0.15, -0.1) is 0 Å². The van der Waals surface area contributed by atoms with Crippen molar-refractivity contribution in [3.05, 3.63) is 0 Å². The molecule has 4 unspecified atom stereocenters. The average Bonchev–Trinajstić information content (AvgIpc) is 2.71. The minimum atomic E-state index is -1.74. The van der Waals surface area contributed by atoms with Crippen LogP contribution < -0.4 is 33.2 Å². The number of aliphatic hydroxyl groups excluding tert-OH is 1. The Labute approximate surface area is 187 Å². The zero-order chi connectivity index (χ0) is 25.7. The Morgan fingerprint density at radius 3 is 1.67 bits per heavy atom. The Hall–Kier alpha value is -3.79. The zero-order valence-corrected chi connectivity index (χ0v) is 17.5. The molecule has 0 aliphatic heterocycles. The quantitative estimate of drug-likeness (QED) is 0.101. The van der Waals surface area contributed by atoms with E-state index in [2.05, 4.69) is 10.6 Å². The maximum absolute atomic E-state index is 12.6. The summed E-state index contributed by atoms with van der Waals surface area (Å²) < 4.78 is 0. The number of hydrogen-bond acceptors (Lipinski definition) is 9. The van der Waals surface area contributed by atoms with Gasteiger partial charge in [0.1, 0.15) is 18.1 Å². The molecule has 0 aliphatic carbocycles. The minimum absolute atomic E-state index is 0.154. The number of aliphatic hydroxyl groups is 1. The monoisotopic (exact) mass is 476 g/mol.